The Morgan fingerprint density at radius 3 is 2.67 bits per heavy atom. The van der Waals surface area contributed by atoms with Crippen LogP contribution in [0.25, 0.3) is 0 Å². The minimum atomic E-state index is -4.35. The van der Waals surface area contributed by atoms with Crippen molar-refractivity contribution in [2.75, 3.05) is 5.88 Å². The largest absolute Gasteiger partial charge is 0.434 e. The van der Waals surface area contributed by atoms with Gasteiger partial charge in [0.15, 0.2) is 5.69 Å². The lowest BCUT2D eigenvalue weighted by atomic mass is 10.3. The van der Waals surface area contributed by atoms with Crippen LogP contribution in [0.5, 0.6) is 0 Å². The summed E-state index contributed by atoms with van der Waals surface area (Å²) in [4.78, 5) is 3.45. The second kappa shape index (κ2) is 3.62. The predicted molar refractivity (Wildman–Crippen MR) is 41.5 cm³/mol. The van der Waals surface area contributed by atoms with Gasteiger partial charge in [-0.1, -0.05) is 0 Å². The molecule has 0 amide bonds. The number of thiazole rings is 1. The molecule has 0 spiro atoms. The van der Waals surface area contributed by atoms with Crippen LogP contribution in [-0.2, 0) is 12.6 Å². The Hall–Kier alpha value is -0.290. The molecule has 1 rings (SSSR count). The third-order valence-electron chi connectivity index (χ3n) is 1.23. The average Bonchev–Trinajstić information content (AvgIpc) is 2.34. The van der Waals surface area contributed by atoms with E-state index in [2.05, 4.69) is 4.98 Å². The summed E-state index contributed by atoms with van der Waals surface area (Å²) in [6.45, 7) is 0. The first-order chi connectivity index (χ1) is 5.55. The van der Waals surface area contributed by atoms with Crippen molar-refractivity contribution in [3.8, 4) is 0 Å². The topological polar surface area (TPSA) is 12.9 Å². The summed E-state index contributed by atoms with van der Waals surface area (Å²) in [5.41, 5.74) is 0.387. The SMILES string of the molecule is FC(F)(F)c1ncsc1CCCl. The summed E-state index contributed by atoms with van der Waals surface area (Å²) in [6, 6.07) is 0. The van der Waals surface area contributed by atoms with Crippen molar-refractivity contribution in [1.82, 2.24) is 4.98 Å². The van der Waals surface area contributed by atoms with Gasteiger partial charge in [0.05, 0.1) is 5.51 Å². The standard InChI is InChI=1S/C6H5ClF3NS/c7-2-1-4-5(6(8,9)10)11-3-12-4/h3H,1-2H2. The summed E-state index contributed by atoms with van der Waals surface area (Å²) >= 11 is 6.31. The van der Waals surface area contributed by atoms with Crippen molar-refractivity contribution < 1.29 is 13.2 Å². The molecule has 12 heavy (non-hydrogen) atoms. The highest BCUT2D eigenvalue weighted by atomic mass is 35.5. The van der Waals surface area contributed by atoms with Gasteiger partial charge in [-0.2, -0.15) is 13.2 Å². The lowest BCUT2D eigenvalue weighted by Crippen LogP contribution is -2.08. The summed E-state index contributed by atoms with van der Waals surface area (Å²) in [5.74, 6) is 0.186. The number of nitrogens with zero attached hydrogens (tertiary/aromatic N) is 1. The van der Waals surface area contributed by atoms with E-state index in [1.807, 2.05) is 0 Å². The Bertz CT molecular complexity index is 258. The zero-order chi connectivity index (χ0) is 9.19. The van der Waals surface area contributed by atoms with Gasteiger partial charge in [-0.15, -0.1) is 22.9 Å². The minimum absolute atomic E-state index is 0.186. The summed E-state index contributed by atoms with van der Waals surface area (Å²) in [5, 5.41) is 0. The zero-order valence-corrected chi connectivity index (χ0v) is 7.43. The fourth-order valence-electron chi connectivity index (χ4n) is 0.765. The highest BCUT2D eigenvalue weighted by Crippen LogP contribution is 2.32. The van der Waals surface area contributed by atoms with Gasteiger partial charge in [-0.3, -0.25) is 0 Å². The Labute approximate surface area is 76.2 Å². The highest BCUT2D eigenvalue weighted by molar-refractivity contribution is 7.09. The fraction of sp³-hybridized carbons (Fsp3) is 0.500. The van der Waals surface area contributed by atoms with Crippen LogP contribution in [-0.4, -0.2) is 10.9 Å². The molecule has 0 saturated carbocycles. The molecule has 1 aromatic heterocycles. The number of aromatic nitrogens is 1. The van der Waals surface area contributed by atoms with Crippen molar-refractivity contribution in [2.24, 2.45) is 0 Å². The second-order valence-corrected chi connectivity index (χ2v) is 3.38. The molecular formula is C6H5ClF3NS. The number of halogens is 4. The first-order valence-electron chi connectivity index (χ1n) is 3.11. The van der Waals surface area contributed by atoms with Crippen molar-refractivity contribution in [1.29, 1.82) is 0 Å². The van der Waals surface area contributed by atoms with Crippen molar-refractivity contribution >= 4 is 22.9 Å². The third kappa shape index (κ3) is 2.10. The van der Waals surface area contributed by atoms with Crippen LogP contribution in [0.2, 0.25) is 0 Å². The maximum Gasteiger partial charge on any atom is 0.434 e. The molecular weight excluding hydrogens is 211 g/mol. The van der Waals surface area contributed by atoms with Gasteiger partial charge >= 0.3 is 6.18 Å². The molecule has 0 radical (unpaired) electrons. The normalized spacial score (nSPS) is 12.0. The van der Waals surface area contributed by atoms with Gasteiger partial charge in [-0.25, -0.2) is 4.98 Å². The van der Waals surface area contributed by atoms with Crippen LogP contribution in [0.3, 0.4) is 0 Å². The number of alkyl halides is 4. The van der Waals surface area contributed by atoms with E-state index in [1.54, 1.807) is 0 Å². The van der Waals surface area contributed by atoms with Crippen molar-refractivity contribution in [3.63, 3.8) is 0 Å². The highest BCUT2D eigenvalue weighted by Gasteiger charge is 2.35. The smallest absolute Gasteiger partial charge is 0.240 e. The molecule has 1 aromatic rings. The first-order valence-corrected chi connectivity index (χ1v) is 4.52. The van der Waals surface area contributed by atoms with Crippen LogP contribution in [0.1, 0.15) is 10.6 Å². The van der Waals surface area contributed by atoms with E-state index in [-0.39, 0.29) is 17.2 Å². The van der Waals surface area contributed by atoms with Crippen molar-refractivity contribution in [3.05, 3.63) is 16.1 Å². The number of aryl methyl sites for hydroxylation is 1. The van der Waals surface area contributed by atoms with Gasteiger partial charge in [0.25, 0.3) is 0 Å². The van der Waals surface area contributed by atoms with Gasteiger partial charge in [0, 0.05) is 10.8 Å². The molecule has 0 saturated heterocycles. The van der Waals surface area contributed by atoms with E-state index < -0.39 is 11.9 Å². The number of hydrogen-bond acceptors (Lipinski definition) is 2. The average molecular weight is 216 g/mol. The Balaban J connectivity index is 2.91. The molecule has 0 aliphatic heterocycles. The molecule has 0 aliphatic carbocycles. The molecule has 1 heterocycles. The van der Waals surface area contributed by atoms with E-state index >= 15 is 0 Å². The zero-order valence-electron chi connectivity index (χ0n) is 5.86. The number of hydrogen-bond donors (Lipinski definition) is 0. The molecule has 0 unspecified atom stereocenters. The molecule has 0 fully saturated rings. The quantitative estimate of drug-likeness (QED) is 0.692. The van der Waals surface area contributed by atoms with Gasteiger partial charge < -0.3 is 0 Å². The lowest BCUT2D eigenvalue weighted by molar-refractivity contribution is -0.141. The summed E-state index contributed by atoms with van der Waals surface area (Å²) < 4.78 is 36.3. The summed E-state index contributed by atoms with van der Waals surface area (Å²) in [7, 11) is 0. The maximum absolute atomic E-state index is 12.1. The van der Waals surface area contributed by atoms with Crippen LogP contribution in [0.4, 0.5) is 13.2 Å². The van der Waals surface area contributed by atoms with Crippen LogP contribution < -0.4 is 0 Å². The molecule has 0 aliphatic rings. The van der Waals surface area contributed by atoms with Crippen molar-refractivity contribution in [2.45, 2.75) is 12.6 Å². The molecule has 1 nitrogen and oxygen atoms in total. The Morgan fingerprint density at radius 1 is 1.50 bits per heavy atom. The fourth-order valence-corrected chi connectivity index (χ4v) is 1.85. The van der Waals surface area contributed by atoms with Gasteiger partial charge in [-0.05, 0) is 6.42 Å². The van der Waals surface area contributed by atoms with Crippen LogP contribution in [0.15, 0.2) is 5.51 Å². The molecule has 0 atom stereocenters. The molecule has 0 N–H and O–H groups in total. The van der Waals surface area contributed by atoms with E-state index in [0.717, 1.165) is 11.3 Å². The van der Waals surface area contributed by atoms with E-state index in [4.69, 9.17) is 11.6 Å². The summed E-state index contributed by atoms with van der Waals surface area (Å²) in [6.07, 6.45) is -4.12. The van der Waals surface area contributed by atoms with Crippen LogP contribution in [0, 0.1) is 0 Å². The van der Waals surface area contributed by atoms with E-state index in [0.29, 0.717) is 0 Å². The molecule has 68 valence electrons. The minimum Gasteiger partial charge on any atom is -0.240 e. The molecule has 0 bridgehead atoms. The third-order valence-corrected chi connectivity index (χ3v) is 2.31. The van der Waals surface area contributed by atoms with E-state index in [9.17, 15) is 13.2 Å². The van der Waals surface area contributed by atoms with Gasteiger partial charge in [0.1, 0.15) is 0 Å². The predicted octanol–water partition coefficient (Wildman–Crippen LogP) is 2.94. The lowest BCUT2D eigenvalue weighted by Gasteiger charge is -2.03. The van der Waals surface area contributed by atoms with Gasteiger partial charge in [0.2, 0.25) is 0 Å². The Morgan fingerprint density at radius 2 is 2.17 bits per heavy atom. The number of rotatable bonds is 2. The monoisotopic (exact) mass is 215 g/mol. The maximum atomic E-state index is 12.1. The molecule has 0 aromatic carbocycles. The second-order valence-electron chi connectivity index (χ2n) is 2.06. The van der Waals surface area contributed by atoms with Crippen LogP contribution >= 0.6 is 22.9 Å². The molecule has 6 heteroatoms. The Kier molecular flexibility index (Phi) is 2.95. The van der Waals surface area contributed by atoms with E-state index in [1.165, 1.54) is 5.51 Å². The first kappa shape index (κ1) is 9.80.